The van der Waals surface area contributed by atoms with Gasteiger partial charge in [-0.2, -0.15) is 0 Å². The van der Waals surface area contributed by atoms with Crippen molar-refractivity contribution in [1.82, 2.24) is 0 Å². The van der Waals surface area contributed by atoms with Crippen molar-refractivity contribution in [2.45, 2.75) is 58.3 Å². The second kappa shape index (κ2) is 14.1. The summed E-state index contributed by atoms with van der Waals surface area (Å²) in [5.74, 6) is 0. The van der Waals surface area contributed by atoms with E-state index in [1.165, 1.54) is 51.4 Å². The summed E-state index contributed by atoms with van der Waals surface area (Å²) in [4.78, 5) is 0. The molecule has 0 aromatic rings. The Morgan fingerprint density at radius 2 is 1.17 bits per heavy atom. The van der Waals surface area contributed by atoms with Crippen LogP contribution in [0.5, 0.6) is 0 Å². The molecule has 0 aromatic carbocycles. The van der Waals surface area contributed by atoms with E-state index in [0.717, 1.165) is 6.54 Å². The summed E-state index contributed by atoms with van der Waals surface area (Å²) >= 11 is 0. The molecular formula is C10H23NV. The van der Waals surface area contributed by atoms with Gasteiger partial charge in [0.25, 0.3) is 0 Å². The van der Waals surface area contributed by atoms with Crippen LogP contribution in [0.4, 0.5) is 0 Å². The van der Waals surface area contributed by atoms with Gasteiger partial charge in [-0.1, -0.05) is 51.9 Å². The molecule has 0 bridgehead atoms. The molecule has 1 nitrogen and oxygen atoms in total. The van der Waals surface area contributed by atoms with Gasteiger partial charge in [-0.15, -0.1) is 0 Å². The van der Waals surface area contributed by atoms with Crippen LogP contribution in [0, 0.1) is 0 Å². The van der Waals surface area contributed by atoms with Gasteiger partial charge in [0.05, 0.1) is 0 Å². The first-order valence-corrected chi connectivity index (χ1v) is 5.12. The molecule has 0 aliphatic heterocycles. The second-order valence-corrected chi connectivity index (χ2v) is 3.26. The first kappa shape index (κ1) is 15.0. The summed E-state index contributed by atoms with van der Waals surface area (Å²) in [5, 5.41) is 0. The van der Waals surface area contributed by atoms with E-state index >= 15 is 0 Å². The Balaban J connectivity index is 0. The van der Waals surface area contributed by atoms with E-state index in [0.29, 0.717) is 0 Å². The van der Waals surface area contributed by atoms with Crippen molar-refractivity contribution in [3.05, 3.63) is 0 Å². The first-order chi connectivity index (χ1) is 5.41. The zero-order chi connectivity index (χ0) is 8.36. The maximum atomic E-state index is 5.39. The Morgan fingerprint density at radius 1 is 0.750 bits per heavy atom. The summed E-state index contributed by atoms with van der Waals surface area (Å²) in [5.41, 5.74) is 5.39. The van der Waals surface area contributed by atoms with Crippen LogP contribution < -0.4 is 5.73 Å². The predicted molar refractivity (Wildman–Crippen MR) is 51.7 cm³/mol. The first-order valence-electron chi connectivity index (χ1n) is 5.12. The average Bonchev–Trinajstić information content (AvgIpc) is 2.03. The van der Waals surface area contributed by atoms with Crippen LogP contribution in [0.3, 0.4) is 0 Å². The summed E-state index contributed by atoms with van der Waals surface area (Å²) in [7, 11) is 0. The van der Waals surface area contributed by atoms with E-state index in [4.69, 9.17) is 5.73 Å². The van der Waals surface area contributed by atoms with Gasteiger partial charge in [0.15, 0.2) is 0 Å². The van der Waals surface area contributed by atoms with Crippen LogP contribution in [-0.2, 0) is 18.6 Å². The average molecular weight is 208 g/mol. The van der Waals surface area contributed by atoms with Gasteiger partial charge in [0.1, 0.15) is 0 Å². The van der Waals surface area contributed by atoms with Crippen molar-refractivity contribution in [2.75, 3.05) is 6.54 Å². The zero-order valence-corrected chi connectivity index (χ0v) is 9.79. The molecule has 2 N–H and O–H groups in total. The van der Waals surface area contributed by atoms with Gasteiger partial charge in [-0.3, -0.25) is 0 Å². The molecule has 2 heteroatoms. The normalized spacial score (nSPS) is 9.50. The fraction of sp³-hybridized carbons (Fsp3) is 1.00. The van der Waals surface area contributed by atoms with Gasteiger partial charge < -0.3 is 5.73 Å². The van der Waals surface area contributed by atoms with E-state index in [1.54, 1.807) is 0 Å². The Labute approximate surface area is 89.4 Å². The molecule has 0 saturated heterocycles. The number of hydrogen-bond acceptors (Lipinski definition) is 1. The minimum absolute atomic E-state index is 0. The summed E-state index contributed by atoms with van der Waals surface area (Å²) < 4.78 is 0. The number of rotatable bonds is 8. The van der Waals surface area contributed by atoms with E-state index in [-0.39, 0.29) is 18.6 Å². The van der Waals surface area contributed by atoms with Gasteiger partial charge in [-0.05, 0) is 13.0 Å². The van der Waals surface area contributed by atoms with Crippen molar-refractivity contribution in [3.63, 3.8) is 0 Å². The molecule has 0 fully saturated rings. The molecule has 0 aliphatic rings. The third-order valence-corrected chi connectivity index (χ3v) is 2.06. The molecule has 0 spiro atoms. The maximum absolute atomic E-state index is 5.39. The third kappa shape index (κ3) is 13.2. The van der Waals surface area contributed by atoms with E-state index < -0.39 is 0 Å². The van der Waals surface area contributed by atoms with Gasteiger partial charge in [0.2, 0.25) is 0 Å². The van der Waals surface area contributed by atoms with Gasteiger partial charge >= 0.3 is 0 Å². The van der Waals surface area contributed by atoms with Crippen molar-refractivity contribution < 1.29 is 18.6 Å². The smallest absolute Gasteiger partial charge is 0 e. The fourth-order valence-corrected chi connectivity index (χ4v) is 1.28. The van der Waals surface area contributed by atoms with Gasteiger partial charge in [-0.25, -0.2) is 0 Å². The van der Waals surface area contributed by atoms with E-state index in [9.17, 15) is 0 Å². The Kier molecular flexibility index (Phi) is 17.7. The monoisotopic (exact) mass is 208 g/mol. The van der Waals surface area contributed by atoms with Crippen molar-refractivity contribution >= 4 is 0 Å². The van der Waals surface area contributed by atoms with Crippen LogP contribution in [-0.4, -0.2) is 6.54 Å². The third-order valence-electron chi connectivity index (χ3n) is 2.06. The molecule has 0 atom stereocenters. The molecule has 0 saturated carbocycles. The molecular weight excluding hydrogens is 185 g/mol. The van der Waals surface area contributed by atoms with Crippen LogP contribution in [0.2, 0.25) is 0 Å². The van der Waals surface area contributed by atoms with Crippen LogP contribution in [0.1, 0.15) is 58.3 Å². The van der Waals surface area contributed by atoms with E-state index in [2.05, 4.69) is 6.92 Å². The minimum atomic E-state index is 0. The number of hydrogen-bond donors (Lipinski definition) is 1. The molecule has 1 radical (unpaired) electrons. The topological polar surface area (TPSA) is 26.0 Å². The molecule has 0 heterocycles. The van der Waals surface area contributed by atoms with Crippen LogP contribution >= 0.6 is 0 Å². The Bertz CT molecular complexity index is 58.9. The maximum Gasteiger partial charge on any atom is 0 e. The van der Waals surface area contributed by atoms with Crippen molar-refractivity contribution in [1.29, 1.82) is 0 Å². The molecule has 12 heavy (non-hydrogen) atoms. The molecule has 0 rings (SSSR count). The largest absolute Gasteiger partial charge is 0.330 e. The quantitative estimate of drug-likeness (QED) is 0.609. The molecule has 0 aromatic heterocycles. The van der Waals surface area contributed by atoms with Crippen LogP contribution in [0.15, 0.2) is 0 Å². The summed E-state index contributed by atoms with van der Waals surface area (Å²) in [6, 6.07) is 0. The molecule has 0 unspecified atom stereocenters. The SMILES string of the molecule is CCCCCCCCCCN.[V]. The van der Waals surface area contributed by atoms with E-state index in [1.807, 2.05) is 0 Å². The second-order valence-electron chi connectivity index (χ2n) is 3.26. The van der Waals surface area contributed by atoms with Crippen LogP contribution in [0.25, 0.3) is 0 Å². The molecule has 73 valence electrons. The standard InChI is InChI=1S/C10H23N.V/c1-2-3-4-5-6-7-8-9-10-11;/h2-11H2,1H3;. The number of nitrogens with two attached hydrogens (primary N) is 1. The minimum Gasteiger partial charge on any atom is -0.330 e. The fourth-order valence-electron chi connectivity index (χ4n) is 1.28. The predicted octanol–water partition coefficient (Wildman–Crippen LogP) is 3.08. The van der Waals surface area contributed by atoms with Gasteiger partial charge in [0, 0.05) is 18.6 Å². The molecule has 0 amide bonds. The van der Waals surface area contributed by atoms with Crippen molar-refractivity contribution in [3.8, 4) is 0 Å². The summed E-state index contributed by atoms with van der Waals surface area (Å²) in [6.45, 7) is 3.13. The van der Waals surface area contributed by atoms with Crippen molar-refractivity contribution in [2.24, 2.45) is 5.73 Å². The Morgan fingerprint density at radius 3 is 1.58 bits per heavy atom. The molecule has 0 aliphatic carbocycles. The zero-order valence-electron chi connectivity index (χ0n) is 8.39. The summed E-state index contributed by atoms with van der Waals surface area (Å²) in [6.07, 6.45) is 11.0. The Hall–Kier alpha value is 0.544. The number of unbranched alkanes of at least 4 members (excludes halogenated alkanes) is 7.